The predicted octanol–water partition coefficient (Wildman–Crippen LogP) is 6.15. The van der Waals surface area contributed by atoms with E-state index < -0.39 is 17.8 Å². The lowest BCUT2D eigenvalue weighted by molar-refractivity contribution is -0.122. The summed E-state index contributed by atoms with van der Waals surface area (Å²) >= 11 is 8.00. The molecule has 0 spiro atoms. The van der Waals surface area contributed by atoms with Crippen molar-refractivity contribution < 1.29 is 28.6 Å². The SMILES string of the molecule is C=CCOc1c(I)cc(/C=C2\C(=O)NC(=O)N(c3ccc(OCc4ccc(Cl)cc4)cc3)C2=O)cc1OCC. The van der Waals surface area contributed by atoms with E-state index in [1.807, 2.05) is 19.1 Å². The van der Waals surface area contributed by atoms with Gasteiger partial charge >= 0.3 is 6.03 Å². The molecule has 0 unspecified atom stereocenters. The van der Waals surface area contributed by atoms with Gasteiger partial charge in [-0.2, -0.15) is 0 Å². The Morgan fingerprint density at radius 2 is 1.72 bits per heavy atom. The minimum absolute atomic E-state index is 0.198. The molecule has 1 saturated heterocycles. The average molecular weight is 659 g/mol. The van der Waals surface area contributed by atoms with Crippen LogP contribution in [0.3, 0.4) is 0 Å². The van der Waals surface area contributed by atoms with Gasteiger partial charge in [0.1, 0.15) is 24.5 Å². The van der Waals surface area contributed by atoms with E-state index in [4.69, 9.17) is 25.8 Å². The molecule has 10 heteroatoms. The van der Waals surface area contributed by atoms with Crippen LogP contribution in [0, 0.1) is 3.57 Å². The van der Waals surface area contributed by atoms with Crippen LogP contribution in [0.15, 0.2) is 78.9 Å². The van der Waals surface area contributed by atoms with Gasteiger partial charge in [-0.1, -0.05) is 36.4 Å². The summed E-state index contributed by atoms with van der Waals surface area (Å²) in [5.74, 6) is 0.00263. The zero-order valence-corrected chi connectivity index (χ0v) is 23.8. The first-order valence-corrected chi connectivity index (χ1v) is 13.3. The molecule has 200 valence electrons. The third-order valence-corrected chi connectivity index (χ3v) is 6.56. The Balaban J connectivity index is 1.56. The molecule has 8 nitrogen and oxygen atoms in total. The molecule has 1 heterocycles. The van der Waals surface area contributed by atoms with Gasteiger partial charge in [-0.15, -0.1) is 0 Å². The van der Waals surface area contributed by atoms with Crippen molar-refractivity contribution in [3.05, 3.63) is 98.6 Å². The first-order valence-electron chi connectivity index (χ1n) is 11.9. The highest BCUT2D eigenvalue weighted by molar-refractivity contribution is 14.1. The summed E-state index contributed by atoms with van der Waals surface area (Å²) in [6, 6.07) is 16.3. The second kappa shape index (κ2) is 12.8. The van der Waals surface area contributed by atoms with E-state index in [0.29, 0.717) is 47.7 Å². The van der Waals surface area contributed by atoms with Crippen molar-refractivity contribution in [2.45, 2.75) is 13.5 Å². The van der Waals surface area contributed by atoms with Crippen LogP contribution in [-0.2, 0) is 16.2 Å². The Kier molecular flexibility index (Phi) is 9.26. The predicted molar refractivity (Wildman–Crippen MR) is 157 cm³/mol. The molecule has 0 aromatic heterocycles. The van der Waals surface area contributed by atoms with Crippen molar-refractivity contribution in [2.24, 2.45) is 0 Å². The molecular formula is C29H24ClIN2O6. The zero-order chi connectivity index (χ0) is 27.9. The van der Waals surface area contributed by atoms with Gasteiger partial charge in [0.15, 0.2) is 11.5 Å². The van der Waals surface area contributed by atoms with E-state index in [-0.39, 0.29) is 11.3 Å². The number of barbiturate groups is 1. The molecule has 1 N–H and O–H groups in total. The van der Waals surface area contributed by atoms with Crippen LogP contribution in [0.25, 0.3) is 6.08 Å². The Bertz CT molecular complexity index is 1440. The number of hydrogen-bond acceptors (Lipinski definition) is 6. The number of benzene rings is 3. The number of rotatable bonds is 10. The first kappa shape index (κ1) is 28.2. The molecule has 1 aliphatic heterocycles. The monoisotopic (exact) mass is 658 g/mol. The molecule has 0 bridgehead atoms. The second-order valence-corrected chi connectivity index (χ2v) is 9.83. The minimum Gasteiger partial charge on any atom is -0.490 e. The lowest BCUT2D eigenvalue weighted by Gasteiger charge is -2.26. The van der Waals surface area contributed by atoms with E-state index in [9.17, 15) is 14.4 Å². The lowest BCUT2D eigenvalue weighted by Crippen LogP contribution is -2.54. The summed E-state index contributed by atoms with van der Waals surface area (Å²) in [5, 5.41) is 2.87. The summed E-state index contributed by atoms with van der Waals surface area (Å²) in [4.78, 5) is 39.5. The van der Waals surface area contributed by atoms with E-state index in [2.05, 4.69) is 34.5 Å². The van der Waals surface area contributed by atoms with Crippen LogP contribution in [0.2, 0.25) is 5.02 Å². The maximum atomic E-state index is 13.3. The number of nitrogens with one attached hydrogen (secondary N) is 1. The number of halogens is 2. The first-order chi connectivity index (χ1) is 18.8. The van der Waals surface area contributed by atoms with Gasteiger partial charge in [-0.05, 0) is 95.2 Å². The highest BCUT2D eigenvalue weighted by Crippen LogP contribution is 2.35. The van der Waals surface area contributed by atoms with E-state index >= 15 is 0 Å². The number of imide groups is 2. The van der Waals surface area contributed by atoms with Gasteiger partial charge < -0.3 is 14.2 Å². The summed E-state index contributed by atoms with van der Waals surface area (Å²) in [6.07, 6.45) is 3.04. The third-order valence-electron chi connectivity index (χ3n) is 5.50. The number of anilines is 1. The number of nitrogens with zero attached hydrogens (tertiary/aromatic N) is 1. The topological polar surface area (TPSA) is 94.2 Å². The normalized spacial score (nSPS) is 14.3. The quantitative estimate of drug-likeness (QED) is 0.122. The van der Waals surface area contributed by atoms with Crippen molar-refractivity contribution in [3.8, 4) is 17.2 Å². The average Bonchev–Trinajstić information content (AvgIpc) is 2.91. The third kappa shape index (κ3) is 6.79. The molecule has 4 rings (SSSR count). The molecule has 39 heavy (non-hydrogen) atoms. The van der Waals surface area contributed by atoms with Gasteiger partial charge in [0.25, 0.3) is 11.8 Å². The maximum absolute atomic E-state index is 13.3. The van der Waals surface area contributed by atoms with Gasteiger partial charge in [0.05, 0.1) is 15.9 Å². The summed E-state index contributed by atoms with van der Waals surface area (Å²) in [5.41, 5.74) is 1.56. The molecule has 0 radical (unpaired) electrons. The van der Waals surface area contributed by atoms with Crippen molar-refractivity contribution in [2.75, 3.05) is 18.1 Å². The summed E-state index contributed by atoms with van der Waals surface area (Å²) in [7, 11) is 0. The second-order valence-electron chi connectivity index (χ2n) is 8.23. The van der Waals surface area contributed by atoms with Crippen molar-refractivity contribution in [1.82, 2.24) is 5.32 Å². The molecule has 3 aromatic rings. The van der Waals surface area contributed by atoms with Crippen molar-refractivity contribution >= 4 is 63.8 Å². The number of amides is 4. The molecule has 0 aliphatic carbocycles. The maximum Gasteiger partial charge on any atom is 0.335 e. The Morgan fingerprint density at radius 3 is 2.38 bits per heavy atom. The fourth-order valence-corrected chi connectivity index (χ4v) is 4.62. The van der Waals surface area contributed by atoms with Crippen LogP contribution in [0.5, 0.6) is 17.2 Å². The van der Waals surface area contributed by atoms with Gasteiger partial charge in [0, 0.05) is 5.02 Å². The van der Waals surface area contributed by atoms with E-state index in [1.165, 1.54) is 6.08 Å². The van der Waals surface area contributed by atoms with Gasteiger partial charge in [-0.25, -0.2) is 9.69 Å². The molecule has 4 amide bonds. The van der Waals surface area contributed by atoms with E-state index in [0.717, 1.165) is 14.0 Å². The number of hydrogen-bond donors (Lipinski definition) is 1. The molecule has 1 aliphatic rings. The van der Waals surface area contributed by atoms with Crippen LogP contribution in [-0.4, -0.2) is 31.1 Å². The Hall–Kier alpha value is -3.83. The van der Waals surface area contributed by atoms with Gasteiger partial charge in [0.2, 0.25) is 0 Å². The molecule has 0 atom stereocenters. The molecule has 3 aromatic carbocycles. The van der Waals surface area contributed by atoms with Crippen LogP contribution in [0.4, 0.5) is 10.5 Å². The number of carbonyl (C=O) groups excluding carboxylic acids is 3. The summed E-state index contributed by atoms with van der Waals surface area (Å²) < 4.78 is 17.9. The van der Waals surface area contributed by atoms with Crippen molar-refractivity contribution in [1.29, 1.82) is 0 Å². The van der Waals surface area contributed by atoms with Crippen LogP contribution in [0.1, 0.15) is 18.1 Å². The number of urea groups is 1. The zero-order valence-electron chi connectivity index (χ0n) is 20.9. The molecule has 0 saturated carbocycles. The Morgan fingerprint density at radius 1 is 1.00 bits per heavy atom. The largest absolute Gasteiger partial charge is 0.490 e. The number of carbonyl (C=O) groups is 3. The smallest absolute Gasteiger partial charge is 0.335 e. The van der Waals surface area contributed by atoms with Crippen LogP contribution < -0.4 is 24.4 Å². The fraction of sp³-hybridized carbons (Fsp3) is 0.138. The Labute approximate surface area is 244 Å². The minimum atomic E-state index is -0.838. The van der Waals surface area contributed by atoms with Crippen molar-refractivity contribution in [3.63, 3.8) is 0 Å². The van der Waals surface area contributed by atoms with Crippen LogP contribution >= 0.6 is 34.2 Å². The number of ether oxygens (including phenoxy) is 3. The summed E-state index contributed by atoms with van der Waals surface area (Å²) in [6.45, 7) is 6.50. The standard InChI is InChI=1S/C29H24ClIN2O6/c1-3-13-38-26-24(31)15-19(16-25(26)37-4-2)14-23-27(34)32-29(36)33(28(23)35)21-9-11-22(12-10-21)39-17-18-5-7-20(30)8-6-18/h3,5-12,14-16H,1,4,13,17H2,2H3,(H,32,34,36)/b23-14+. The lowest BCUT2D eigenvalue weighted by atomic mass is 10.1. The molecular weight excluding hydrogens is 635 g/mol. The van der Waals surface area contributed by atoms with E-state index in [1.54, 1.807) is 54.6 Å². The van der Waals surface area contributed by atoms with Gasteiger partial charge in [-0.3, -0.25) is 14.9 Å². The molecule has 1 fully saturated rings. The highest BCUT2D eigenvalue weighted by atomic mass is 127. The fourth-order valence-electron chi connectivity index (χ4n) is 3.71. The highest BCUT2D eigenvalue weighted by Gasteiger charge is 2.37.